The molecular weight excluding hydrogens is 235 g/mol. The van der Waals surface area contributed by atoms with E-state index in [9.17, 15) is 0 Å². The number of fused-ring (bicyclic) bond motifs is 1. The van der Waals surface area contributed by atoms with Gasteiger partial charge in [-0.25, -0.2) is 0 Å². The van der Waals surface area contributed by atoms with Gasteiger partial charge in [-0.1, -0.05) is 0 Å². The average Bonchev–Trinajstić information content (AvgIpc) is 2.70. The molecule has 5 unspecified atom stereocenters. The van der Waals surface area contributed by atoms with Gasteiger partial charge in [0.2, 0.25) is 0 Å². The zero-order valence-corrected chi connectivity index (χ0v) is 14.5. The molecule has 18 heavy (non-hydrogen) atoms. The van der Waals surface area contributed by atoms with E-state index >= 15 is 0 Å². The summed E-state index contributed by atoms with van der Waals surface area (Å²) in [6.07, 6.45) is 7.65. The van der Waals surface area contributed by atoms with Gasteiger partial charge in [0.05, 0.1) is 0 Å². The van der Waals surface area contributed by atoms with Crippen LogP contribution in [0.3, 0.4) is 0 Å². The van der Waals surface area contributed by atoms with Gasteiger partial charge in [-0.15, -0.1) is 0 Å². The topological polar surface area (TPSA) is 0 Å². The van der Waals surface area contributed by atoms with Crippen molar-refractivity contribution in [3.63, 3.8) is 0 Å². The molecular formula is C17H35P. The molecule has 3 rings (SSSR count). The Hall–Kier alpha value is 0.430. The summed E-state index contributed by atoms with van der Waals surface area (Å²) in [6.45, 7) is 15.0. The van der Waals surface area contributed by atoms with Crippen molar-refractivity contribution in [2.45, 2.75) is 84.2 Å². The second-order valence-corrected chi connectivity index (χ2v) is 12.9. The molecule has 0 nitrogen and oxygen atoms in total. The Balaban J connectivity index is 2.22. The summed E-state index contributed by atoms with van der Waals surface area (Å²) < 4.78 is 0. The van der Waals surface area contributed by atoms with Gasteiger partial charge in [0.15, 0.2) is 0 Å². The van der Waals surface area contributed by atoms with Crippen molar-refractivity contribution in [3.8, 4) is 0 Å². The number of hydrogen-bond acceptors (Lipinski definition) is 0. The predicted molar refractivity (Wildman–Crippen MR) is 87.5 cm³/mol. The van der Waals surface area contributed by atoms with Crippen LogP contribution in [0.2, 0.25) is 0 Å². The summed E-state index contributed by atoms with van der Waals surface area (Å²) in [6, 6.07) is 0. The van der Waals surface area contributed by atoms with Crippen LogP contribution < -0.4 is 0 Å². The van der Waals surface area contributed by atoms with Crippen LogP contribution in [0.15, 0.2) is 0 Å². The summed E-state index contributed by atoms with van der Waals surface area (Å²) in [7, 11) is -0.952. The Kier molecular flexibility index (Phi) is 4.48. The van der Waals surface area contributed by atoms with Crippen LogP contribution in [0.25, 0.3) is 0 Å². The van der Waals surface area contributed by atoms with E-state index in [2.05, 4.69) is 41.5 Å². The van der Waals surface area contributed by atoms with Crippen molar-refractivity contribution in [2.24, 2.45) is 17.8 Å². The first kappa shape index (κ1) is 14.8. The third-order valence-corrected chi connectivity index (χ3v) is 14.4. The Bertz CT molecular complexity index is 285. The normalized spacial score (nSPS) is 40.6. The molecule has 0 amide bonds. The molecule has 108 valence electrons. The fourth-order valence-corrected chi connectivity index (χ4v) is 15.0. The van der Waals surface area contributed by atoms with Gasteiger partial charge in [0, 0.05) is 0 Å². The van der Waals surface area contributed by atoms with Crippen LogP contribution in [-0.2, 0) is 0 Å². The first-order valence-corrected chi connectivity index (χ1v) is 10.9. The first-order chi connectivity index (χ1) is 8.48. The molecule has 0 aromatic heterocycles. The van der Waals surface area contributed by atoms with E-state index < -0.39 is 7.26 Å². The van der Waals surface area contributed by atoms with Crippen molar-refractivity contribution in [1.82, 2.24) is 0 Å². The summed E-state index contributed by atoms with van der Waals surface area (Å²) in [5, 5.41) is 0. The van der Waals surface area contributed by atoms with E-state index in [4.69, 9.17) is 0 Å². The zero-order chi connectivity index (χ0) is 13.5. The third-order valence-electron chi connectivity index (χ3n) is 6.69. The molecule has 1 heteroatoms. The van der Waals surface area contributed by atoms with Crippen LogP contribution in [0.4, 0.5) is 0 Å². The van der Waals surface area contributed by atoms with Crippen LogP contribution in [0.1, 0.15) is 67.2 Å². The minimum absolute atomic E-state index is 0.910. The van der Waals surface area contributed by atoms with E-state index in [0.29, 0.717) is 0 Å². The fraction of sp³-hybridized carbons (Fsp3) is 1.00. The third kappa shape index (κ3) is 1.98. The van der Waals surface area contributed by atoms with Crippen molar-refractivity contribution >= 4 is 7.26 Å². The van der Waals surface area contributed by atoms with Crippen LogP contribution >= 0.6 is 7.26 Å². The van der Waals surface area contributed by atoms with Gasteiger partial charge in [-0.2, -0.15) is 0 Å². The van der Waals surface area contributed by atoms with Gasteiger partial charge < -0.3 is 0 Å². The molecule has 0 aromatic rings. The molecule has 0 saturated carbocycles. The Morgan fingerprint density at radius 3 is 2.28 bits per heavy atom. The maximum absolute atomic E-state index is 2.63. The van der Waals surface area contributed by atoms with E-state index in [0.717, 1.165) is 34.7 Å². The predicted octanol–water partition coefficient (Wildman–Crippen LogP) is 5.40. The quantitative estimate of drug-likeness (QED) is 0.567. The maximum atomic E-state index is 2.63. The molecule has 5 atom stereocenters. The van der Waals surface area contributed by atoms with E-state index in [-0.39, 0.29) is 0 Å². The van der Waals surface area contributed by atoms with E-state index in [1.54, 1.807) is 6.16 Å². The molecule has 0 N–H and O–H groups in total. The van der Waals surface area contributed by atoms with Crippen LogP contribution in [0.5, 0.6) is 0 Å². The first-order valence-electron chi connectivity index (χ1n) is 8.48. The van der Waals surface area contributed by atoms with Crippen molar-refractivity contribution in [1.29, 1.82) is 0 Å². The van der Waals surface area contributed by atoms with E-state index in [1.165, 1.54) is 25.7 Å². The second-order valence-electron chi connectivity index (χ2n) is 7.76. The Labute approximate surface area is 116 Å². The SMILES string of the molecule is CCCC(CC)[PH]12CC(C(C)C1CC(C)C)C2C. The number of rotatable bonds is 6. The summed E-state index contributed by atoms with van der Waals surface area (Å²) in [4.78, 5) is 0. The standard InChI is InChI=1S/C17H35P/c1-7-9-15(8-2)18-11-16(14(18)6)13(5)17(18)10-12(3)4/h12-18H,7-11H2,1-6H3. The number of hydrogen-bond donors (Lipinski definition) is 0. The van der Waals surface area contributed by atoms with Gasteiger partial charge in [-0.3, -0.25) is 0 Å². The van der Waals surface area contributed by atoms with Gasteiger partial charge in [0.1, 0.15) is 0 Å². The molecule has 3 aliphatic heterocycles. The summed E-state index contributed by atoms with van der Waals surface area (Å²) >= 11 is 0. The minimum atomic E-state index is -0.952. The zero-order valence-electron chi connectivity index (χ0n) is 13.5. The van der Waals surface area contributed by atoms with Crippen LogP contribution in [0, 0.1) is 17.8 Å². The molecule has 3 fully saturated rings. The average molecular weight is 270 g/mol. The molecule has 0 aromatic carbocycles. The molecule has 0 aliphatic carbocycles. The van der Waals surface area contributed by atoms with Crippen molar-refractivity contribution in [2.75, 3.05) is 6.16 Å². The van der Waals surface area contributed by atoms with Gasteiger partial charge in [0.25, 0.3) is 0 Å². The second kappa shape index (κ2) is 5.43. The molecule has 0 radical (unpaired) electrons. The Morgan fingerprint density at radius 2 is 1.83 bits per heavy atom. The Morgan fingerprint density at radius 1 is 1.17 bits per heavy atom. The summed E-state index contributed by atoms with van der Waals surface area (Å²) in [5.74, 6) is 3.08. The van der Waals surface area contributed by atoms with Gasteiger partial charge >= 0.3 is 115 Å². The monoisotopic (exact) mass is 270 g/mol. The molecule has 0 spiro atoms. The molecule has 3 aliphatic rings. The van der Waals surface area contributed by atoms with Crippen molar-refractivity contribution < 1.29 is 0 Å². The molecule has 3 saturated heterocycles. The van der Waals surface area contributed by atoms with Crippen molar-refractivity contribution in [3.05, 3.63) is 0 Å². The van der Waals surface area contributed by atoms with Crippen LogP contribution in [-0.4, -0.2) is 23.1 Å². The fourth-order valence-electron chi connectivity index (χ4n) is 5.91. The molecule has 2 bridgehead atoms. The molecule has 3 heterocycles. The van der Waals surface area contributed by atoms with Gasteiger partial charge in [-0.05, 0) is 0 Å². The van der Waals surface area contributed by atoms with E-state index in [1.807, 2.05) is 0 Å². The summed E-state index contributed by atoms with van der Waals surface area (Å²) in [5.41, 5.74) is 3.45.